The maximum absolute atomic E-state index is 11.8. The largest absolute Gasteiger partial charge is 0.508 e. The van der Waals surface area contributed by atoms with Gasteiger partial charge in [-0.05, 0) is 179 Å². The molecule has 4 spiro atoms. The third kappa shape index (κ3) is 4.95. The van der Waals surface area contributed by atoms with Crippen LogP contribution in [0.4, 0.5) is 0 Å². The lowest BCUT2D eigenvalue weighted by Crippen LogP contribution is -2.73. The van der Waals surface area contributed by atoms with Gasteiger partial charge in [-0.2, -0.15) is 0 Å². The van der Waals surface area contributed by atoms with Crippen LogP contribution in [0.25, 0.3) is 10.8 Å². The molecular weight excluding hydrogens is 703 g/mol. The Balaban J connectivity index is 0.888. The second-order valence-electron chi connectivity index (χ2n) is 21.2. The number of hydrogen-bond acceptors (Lipinski definition) is 5. The summed E-state index contributed by atoms with van der Waals surface area (Å²) in [6.07, 6.45) is 30.9. The molecule has 2 aliphatic heterocycles. The number of unbranched alkanes of at least 4 members (excludes halogenated alkanes) is 1. The first-order valence-electron chi connectivity index (χ1n) is 23.5. The lowest BCUT2D eigenvalue weighted by Gasteiger charge is -2.74. The van der Waals surface area contributed by atoms with Crippen LogP contribution in [0.15, 0.2) is 71.8 Å². The molecule has 5 fully saturated rings. The summed E-state index contributed by atoms with van der Waals surface area (Å²) in [5.41, 5.74) is 5.10. The molecule has 4 saturated carbocycles. The van der Waals surface area contributed by atoms with Gasteiger partial charge >= 0.3 is 0 Å². The monoisotopic (exact) mass is 774 g/mol. The second-order valence-corrected chi connectivity index (χ2v) is 21.2. The van der Waals surface area contributed by atoms with E-state index in [9.17, 15) is 15.3 Å². The van der Waals surface area contributed by atoms with Gasteiger partial charge in [-0.1, -0.05) is 80.8 Å². The smallest absolute Gasteiger partial charge is 0.116 e. The lowest BCUT2D eigenvalue weighted by molar-refractivity contribution is -0.231. The Morgan fingerprint density at radius 2 is 1.81 bits per heavy atom. The Morgan fingerprint density at radius 3 is 2.65 bits per heavy atom. The Bertz CT molecular complexity index is 2000. The average molecular weight is 774 g/mol. The predicted molar refractivity (Wildman–Crippen MR) is 230 cm³/mol. The molecule has 6 aliphatic carbocycles. The summed E-state index contributed by atoms with van der Waals surface area (Å²) in [5.74, 6) is 3.03. The summed E-state index contributed by atoms with van der Waals surface area (Å²) < 4.78 is 6.60. The van der Waals surface area contributed by atoms with Crippen molar-refractivity contribution in [3.8, 4) is 5.75 Å². The van der Waals surface area contributed by atoms with Crippen molar-refractivity contribution in [1.29, 1.82) is 0 Å². The van der Waals surface area contributed by atoms with Crippen molar-refractivity contribution in [2.45, 2.75) is 154 Å². The van der Waals surface area contributed by atoms with E-state index in [0.29, 0.717) is 53.1 Å². The molecule has 8 aliphatic rings. The number of ether oxygens (including phenoxy) is 1. The highest BCUT2D eigenvalue weighted by Crippen LogP contribution is 2.90. The molecule has 10 rings (SSSR count). The van der Waals surface area contributed by atoms with E-state index in [0.717, 1.165) is 55.2 Å². The van der Waals surface area contributed by atoms with Crippen molar-refractivity contribution in [3.05, 3.63) is 77.4 Å². The number of aromatic hydroxyl groups is 1. The summed E-state index contributed by atoms with van der Waals surface area (Å²) in [7, 11) is 0. The predicted octanol–water partition coefficient (Wildman–Crippen LogP) is 11.2. The van der Waals surface area contributed by atoms with Gasteiger partial charge in [0.2, 0.25) is 0 Å². The molecule has 2 bridgehead atoms. The molecule has 5 heteroatoms. The molecule has 2 aromatic rings. The zero-order chi connectivity index (χ0) is 39.5. The maximum atomic E-state index is 11.8. The number of rotatable bonds is 13. The first-order valence-corrected chi connectivity index (χ1v) is 23.5. The Labute approximate surface area is 343 Å². The number of fused-ring (bicyclic) bond motifs is 2. The molecule has 0 amide bonds. The fraction of sp³-hybridized carbons (Fsp3) is 0.692. The van der Waals surface area contributed by atoms with Crippen LogP contribution in [-0.4, -0.2) is 57.7 Å². The third-order valence-corrected chi connectivity index (χ3v) is 19.6. The Kier molecular flexibility index (Phi) is 9.20. The van der Waals surface area contributed by atoms with Gasteiger partial charge < -0.3 is 20.1 Å². The zero-order valence-electron chi connectivity index (χ0n) is 35.6. The van der Waals surface area contributed by atoms with E-state index < -0.39 is 5.60 Å². The van der Waals surface area contributed by atoms with Gasteiger partial charge in [-0.3, -0.25) is 4.90 Å². The number of allylic oxidation sites excluding steroid dienone is 3. The van der Waals surface area contributed by atoms with Crippen LogP contribution in [-0.2, 0) is 10.3 Å². The molecule has 3 N–H and O–H groups in total. The SMILES string of the molecule is CCC(O)(CCCCOCCC1CCCC12CC(C)C13CCC(C)=C1CC21C2(C=CCC31C)C=CC1C(CCCO)CCC13CN32)c1ccc2cc(O)ccc2c1. The molecule has 5 nitrogen and oxygen atoms in total. The molecular formula is C52H71NO4. The molecule has 12 unspecified atom stereocenters. The summed E-state index contributed by atoms with van der Waals surface area (Å²) >= 11 is 0. The van der Waals surface area contributed by atoms with Gasteiger partial charge in [-0.15, -0.1) is 0 Å². The highest BCUT2D eigenvalue weighted by atomic mass is 16.5. The summed E-state index contributed by atoms with van der Waals surface area (Å²) in [6, 6.07) is 11.6. The van der Waals surface area contributed by atoms with Crippen LogP contribution in [0, 0.1) is 45.3 Å². The standard InChI is InChI=1S/C52H71NO4/c1-5-49(56,42-15-13-40-32-43(55)16-14-39(40)31-42)23-6-7-29-57-30-20-41-12-8-22-47(41)33-37(3)51-27-17-36(2)45(51)34-52(47)46(51,4)21-10-24-50(52)26-19-44-38(11-9-28-54)18-25-48(44)35-53(48)50/h10,13-16,19,24,26,31-32,37-38,41,44,54-56H,5-9,11-12,17-18,20-23,25,27-30,33-35H2,1-4H3. The van der Waals surface area contributed by atoms with Gasteiger partial charge in [0.05, 0.1) is 11.1 Å². The number of aliphatic hydroxyl groups is 2. The molecule has 0 radical (unpaired) electrons. The summed E-state index contributed by atoms with van der Waals surface area (Å²) in [5, 5.41) is 33.5. The van der Waals surface area contributed by atoms with E-state index >= 15 is 0 Å². The van der Waals surface area contributed by atoms with E-state index in [4.69, 9.17) is 4.74 Å². The molecule has 308 valence electrons. The number of phenolic OH excluding ortho intramolecular Hbond substituents is 1. The number of benzene rings is 2. The van der Waals surface area contributed by atoms with Crippen molar-refractivity contribution in [3.63, 3.8) is 0 Å². The zero-order valence-corrected chi connectivity index (χ0v) is 35.6. The van der Waals surface area contributed by atoms with Crippen LogP contribution in [0.3, 0.4) is 0 Å². The first-order chi connectivity index (χ1) is 27.5. The second kappa shape index (κ2) is 13.5. The van der Waals surface area contributed by atoms with E-state index in [-0.39, 0.29) is 22.1 Å². The van der Waals surface area contributed by atoms with Crippen LogP contribution in [0.5, 0.6) is 5.75 Å². The molecule has 2 heterocycles. The summed E-state index contributed by atoms with van der Waals surface area (Å²) in [4.78, 5) is 3.10. The van der Waals surface area contributed by atoms with Crippen LogP contribution in [0.1, 0.15) is 142 Å². The molecule has 2 aromatic carbocycles. The molecule has 1 saturated heterocycles. The van der Waals surface area contributed by atoms with Crippen molar-refractivity contribution in [2.75, 3.05) is 26.4 Å². The van der Waals surface area contributed by atoms with Crippen molar-refractivity contribution < 1.29 is 20.1 Å². The van der Waals surface area contributed by atoms with Gasteiger partial charge in [0.1, 0.15) is 5.75 Å². The van der Waals surface area contributed by atoms with Crippen LogP contribution in [0.2, 0.25) is 0 Å². The minimum Gasteiger partial charge on any atom is -0.508 e. The van der Waals surface area contributed by atoms with Crippen LogP contribution < -0.4 is 0 Å². The molecule has 57 heavy (non-hydrogen) atoms. The van der Waals surface area contributed by atoms with Gasteiger partial charge in [-0.25, -0.2) is 0 Å². The quantitative estimate of drug-likeness (QED) is 0.107. The van der Waals surface area contributed by atoms with Gasteiger partial charge in [0, 0.05) is 42.7 Å². The number of phenols is 1. The number of nitrogens with zero attached hydrogens (tertiary/aromatic N) is 1. The van der Waals surface area contributed by atoms with Crippen molar-refractivity contribution in [2.24, 2.45) is 45.3 Å². The first kappa shape index (κ1) is 38.7. The highest BCUT2D eigenvalue weighted by Gasteiger charge is 2.87. The average Bonchev–Trinajstić information content (AvgIpc) is 3.37. The highest BCUT2D eigenvalue weighted by molar-refractivity contribution is 5.84. The number of aliphatic hydroxyl groups excluding tert-OH is 1. The molecule has 0 aromatic heterocycles. The van der Waals surface area contributed by atoms with E-state index in [1.165, 1.54) is 83.6 Å². The normalized spacial score (nSPS) is 43.2. The lowest BCUT2D eigenvalue weighted by atomic mass is 9.31. The fourth-order valence-electron chi connectivity index (χ4n) is 17.2. The maximum Gasteiger partial charge on any atom is 0.116 e. The van der Waals surface area contributed by atoms with E-state index in [1.54, 1.807) is 17.7 Å². The van der Waals surface area contributed by atoms with E-state index in [2.05, 4.69) is 63.0 Å². The van der Waals surface area contributed by atoms with Crippen LogP contribution >= 0.6 is 0 Å². The number of hydrogen-bond donors (Lipinski definition) is 3. The topological polar surface area (TPSA) is 72.9 Å². The Morgan fingerprint density at radius 1 is 0.965 bits per heavy atom. The fourth-order valence-corrected chi connectivity index (χ4v) is 17.2. The Hall–Kier alpha value is -2.44. The van der Waals surface area contributed by atoms with Crippen molar-refractivity contribution >= 4 is 10.8 Å². The minimum atomic E-state index is -0.857. The van der Waals surface area contributed by atoms with Gasteiger partial charge in [0.25, 0.3) is 0 Å². The van der Waals surface area contributed by atoms with E-state index in [1.807, 2.05) is 23.8 Å². The third-order valence-electron chi connectivity index (χ3n) is 19.6. The minimum absolute atomic E-state index is 0.0144. The summed E-state index contributed by atoms with van der Waals surface area (Å²) in [6.45, 7) is 13.3. The van der Waals surface area contributed by atoms with Gasteiger partial charge in [0.15, 0.2) is 0 Å². The van der Waals surface area contributed by atoms with Crippen molar-refractivity contribution in [1.82, 2.24) is 4.90 Å². The molecule has 12 atom stereocenters.